The van der Waals surface area contributed by atoms with Crippen LogP contribution in [0.4, 0.5) is 0 Å². The molecule has 0 aliphatic heterocycles. The highest BCUT2D eigenvalue weighted by atomic mass is 79.9. The van der Waals surface area contributed by atoms with Crippen LogP contribution < -0.4 is 0 Å². The number of benzene rings is 1. The Kier molecular flexibility index (Phi) is 4.97. The summed E-state index contributed by atoms with van der Waals surface area (Å²) in [6.07, 6.45) is 3.15. The highest BCUT2D eigenvalue weighted by Gasteiger charge is 2.06. The summed E-state index contributed by atoms with van der Waals surface area (Å²) in [6.45, 7) is 0. The molecule has 0 amide bonds. The SMILES string of the molecule is Clc1ccccc1CSc1nncn1/N=C/c1ccc(Br)o1. The third kappa shape index (κ3) is 3.79. The second-order valence-corrected chi connectivity index (χ2v) is 6.36. The van der Waals surface area contributed by atoms with Crippen molar-refractivity contribution in [2.24, 2.45) is 5.10 Å². The Labute approximate surface area is 144 Å². The first-order valence-corrected chi connectivity index (χ1v) is 8.44. The zero-order chi connectivity index (χ0) is 15.4. The molecule has 5 nitrogen and oxygen atoms in total. The first-order valence-electron chi connectivity index (χ1n) is 6.28. The van der Waals surface area contributed by atoms with E-state index in [0.717, 1.165) is 10.6 Å². The lowest BCUT2D eigenvalue weighted by Crippen LogP contribution is -1.92. The van der Waals surface area contributed by atoms with Gasteiger partial charge in [-0.1, -0.05) is 41.6 Å². The Morgan fingerprint density at radius 1 is 1.32 bits per heavy atom. The van der Waals surface area contributed by atoms with Crippen LogP contribution in [0.3, 0.4) is 0 Å². The van der Waals surface area contributed by atoms with Crippen LogP contribution in [-0.2, 0) is 5.75 Å². The highest BCUT2D eigenvalue weighted by Crippen LogP contribution is 2.25. The number of rotatable bonds is 5. The molecule has 8 heteroatoms. The van der Waals surface area contributed by atoms with E-state index in [4.69, 9.17) is 16.0 Å². The molecule has 0 saturated heterocycles. The Hall–Kier alpha value is -1.57. The average Bonchev–Trinajstić information content (AvgIpc) is 3.13. The van der Waals surface area contributed by atoms with Crippen molar-refractivity contribution < 1.29 is 4.42 Å². The minimum absolute atomic E-state index is 0.641. The molecular formula is C14H10BrClN4OS. The van der Waals surface area contributed by atoms with Crippen molar-refractivity contribution >= 4 is 45.5 Å². The molecule has 112 valence electrons. The van der Waals surface area contributed by atoms with Crippen molar-refractivity contribution in [3.8, 4) is 0 Å². The van der Waals surface area contributed by atoms with Gasteiger partial charge in [0.1, 0.15) is 12.1 Å². The largest absolute Gasteiger partial charge is 0.448 e. The molecule has 2 aromatic heterocycles. The fourth-order valence-electron chi connectivity index (χ4n) is 1.67. The molecule has 0 spiro atoms. The van der Waals surface area contributed by atoms with Gasteiger partial charge in [0, 0.05) is 10.8 Å². The van der Waals surface area contributed by atoms with E-state index in [1.54, 1.807) is 23.3 Å². The van der Waals surface area contributed by atoms with Crippen LogP contribution >= 0.6 is 39.3 Å². The normalized spacial score (nSPS) is 11.4. The van der Waals surface area contributed by atoms with E-state index >= 15 is 0 Å². The van der Waals surface area contributed by atoms with Crippen LogP contribution in [0, 0.1) is 0 Å². The Balaban J connectivity index is 1.70. The van der Waals surface area contributed by atoms with E-state index in [1.165, 1.54) is 11.8 Å². The molecule has 1 aromatic carbocycles. The van der Waals surface area contributed by atoms with Gasteiger partial charge in [-0.05, 0) is 39.7 Å². The molecule has 0 unspecified atom stereocenters. The van der Waals surface area contributed by atoms with Gasteiger partial charge in [-0.15, -0.1) is 10.2 Å². The van der Waals surface area contributed by atoms with Gasteiger partial charge < -0.3 is 4.42 Å². The highest BCUT2D eigenvalue weighted by molar-refractivity contribution is 9.10. The van der Waals surface area contributed by atoms with E-state index in [1.807, 2.05) is 30.3 Å². The number of nitrogens with zero attached hydrogens (tertiary/aromatic N) is 4. The van der Waals surface area contributed by atoms with Crippen molar-refractivity contribution in [3.63, 3.8) is 0 Å². The summed E-state index contributed by atoms with van der Waals surface area (Å²) < 4.78 is 7.61. The predicted molar refractivity (Wildman–Crippen MR) is 90.4 cm³/mol. The Morgan fingerprint density at radius 2 is 2.18 bits per heavy atom. The first-order chi connectivity index (χ1) is 10.7. The molecule has 2 heterocycles. The summed E-state index contributed by atoms with van der Waals surface area (Å²) in [5.74, 6) is 1.34. The van der Waals surface area contributed by atoms with Gasteiger partial charge in [0.05, 0.1) is 6.21 Å². The number of hydrogen-bond donors (Lipinski definition) is 0. The number of hydrogen-bond acceptors (Lipinski definition) is 5. The maximum Gasteiger partial charge on any atom is 0.212 e. The lowest BCUT2D eigenvalue weighted by Gasteiger charge is -2.03. The van der Waals surface area contributed by atoms with E-state index in [9.17, 15) is 0 Å². The predicted octanol–water partition coefficient (Wildman–Crippen LogP) is 4.46. The van der Waals surface area contributed by atoms with E-state index in [2.05, 4.69) is 31.2 Å². The minimum Gasteiger partial charge on any atom is -0.448 e. The molecule has 0 aliphatic rings. The molecule has 0 atom stereocenters. The quantitative estimate of drug-likeness (QED) is 0.471. The number of halogens is 2. The molecule has 0 bridgehead atoms. The fourth-order valence-corrected chi connectivity index (χ4v) is 3.14. The van der Waals surface area contributed by atoms with Crippen LogP contribution in [0.5, 0.6) is 0 Å². The van der Waals surface area contributed by atoms with Crippen LogP contribution in [0.1, 0.15) is 11.3 Å². The Morgan fingerprint density at radius 3 is 2.95 bits per heavy atom. The second kappa shape index (κ2) is 7.13. The van der Waals surface area contributed by atoms with E-state index in [0.29, 0.717) is 21.3 Å². The van der Waals surface area contributed by atoms with Gasteiger partial charge in [-0.2, -0.15) is 9.78 Å². The first kappa shape index (κ1) is 15.3. The van der Waals surface area contributed by atoms with Crippen molar-refractivity contribution in [1.29, 1.82) is 0 Å². The number of aromatic nitrogens is 3. The molecule has 0 saturated carbocycles. The summed E-state index contributed by atoms with van der Waals surface area (Å²) in [4.78, 5) is 0. The molecule has 0 fully saturated rings. The number of furan rings is 1. The maximum atomic E-state index is 6.15. The monoisotopic (exact) mass is 396 g/mol. The minimum atomic E-state index is 0.641. The average molecular weight is 398 g/mol. The van der Waals surface area contributed by atoms with Crippen LogP contribution in [0.25, 0.3) is 0 Å². The third-order valence-corrected chi connectivity index (χ3v) is 4.50. The molecule has 0 aliphatic carbocycles. The van der Waals surface area contributed by atoms with Gasteiger partial charge >= 0.3 is 0 Å². The van der Waals surface area contributed by atoms with Crippen LogP contribution in [0.2, 0.25) is 5.02 Å². The zero-order valence-electron chi connectivity index (χ0n) is 11.2. The van der Waals surface area contributed by atoms with Gasteiger partial charge in [-0.25, -0.2) is 0 Å². The van der Waals surface area contributed by atoms with Gasteiger partial charge in [-0.3, -0.25) is 0 Å². The fraction of sp³-hybridized carbons (Fsp3) is 0.0714. The number of thioether (sulfide) groups is 1. The summed E-state index contributed by atoms with van der Waals surface area (Å²) in [7, 11) is 0. The van der Waals surface area contributed by atoms with E-state index < -0.39 is 0 Å². The molecule has 22 heavy (non-hydrogen) atoms. The van der Waals surface area contributed by atoms with Crippen LogP contribution in [-0.4, -0.2) is 21.1 Å². The Bertz CT molecular complexity index is 802. The molecule has 0 radical (unpaired) electrons. The van der Waals surface area contributed by atoms with Gasteiger partial charge in [0.2, 0.25) is 5.16 Å². The van der Waals surface area contributed by atoms with Gasteiger partial charge in [0.25, 0.3) is 0 Å². The summed E-state index contributed by atoms with van der Waals surface area (Å²) >= 11 is 10.9. The lowest BCUT2D eigenvalue weighted by molar-refractivity contribution is 0.533. The smallest absolute Gasteiger partial charge is 0.212 e. The standard InChI is InChI=1S/C14H10BrClN4OS/c15-13-6-5-11(21-13)7-18-20-9-17-19-14(20)22-8-10-3-1-2-4-12(10)16/h1-7,9H,8H2/b18-7+. The van der Waals surface area contributed by atoms with Crippen molar-refractivity contribution in [3.05, 3.63) is 63.7 Å². The summed E-state index contributed by atoms with van der Waals surface area (Å²) in [6, 6.07) is 11.3. The second-order valence-electron chi connectivity index (χ2n) is 4.22. The molecule has 0 N–H and O–H groups in total. The molecular weight excluding hydrogens is 388 g/mol. The zero-order valence-corrected chi connectivity index (χ0v) is 14.3. The summed E-state index contributed by atoms with van der Waals surface area (Å²) in [5.41, 5.74) is 1.04. The molecule has 3 rings (SSSR count). The van der Waals surface area contributed by atoms with Crippen molar-refractivity contribution in [1.82, 2.24) is 14.9 Å². The maximum absolute atomic E-state index is 6.15. The van der Waals surface area contributed by atoms with Crippen molar-refractivity contribution in [2.45, 2.75) is 10.9 Å². The van der Waals surface area contributed by atoms with Crippen LogP contribution in [0.15, 0.2) is 62.1 Å². The molecule has 3 aromatic rings. The lowest BCUT2D eigenvalue weighted by atomic mass is 10.2. The van der Waals surface area contributed by atoms with E-state index in [-0.39, 0.29) is 0 Å². The topological polar surface area (TPSA) is 56.2 Å². The van der Waals surface area contributed by atoms with Crippen molar-refractivity contribution in [2.75, 3.05) is 0 Å². The summed E-state index contributed by atoms with van der Waals surface area (Å²) in [5, 5.41) is 13.6. The van der Waals surface area contributed by atoms with Gasteiger partial charge in [0.15, 0.2) is 4.67 Å². The third-order valence-electron chi connectivity index (χ3n) is 2.72.